The summed E-state index contributed by atoms with van der Waals surface area (Å²) in [6.07, 6.45) is 3.01. The minimum atomic E-state index is -3.19. The van der Waals surface area contributed by atoms with E-state index in [1.165, 1.54) is 0 Å². The van der Waals surface area contributed by atoms with Gasteiger partial charge in [0.2, 0.25) is 10.0 Å². The molecule has 2 N–H and O–H groups in total. The summed E-state index contributed by atoms with van der Waals surface area (Å²) in [5.41, 5.74) is 2.00. The van der Waals surface area contributed by atoms with E-state index in [-0.39, 0.29) is 5.75 Å². The summed E-state index contributed by atoms with van der Waals surface area (Å²) in [5, 5.41) is 4.02. The van der Waals surface area contributed by atoms with Gasteiger partial charge in [0.15, 0.2) is 0 Å². The smallest absolute Gasteiger partial charge is 0.211 e. The van der Waals surface area contributed by atoms with Crippen molar-refractivity contribution in [2.75, 3.05) is 25.9 Å². The second-order valence-electron chi connectivity index (χ2n) is 4.91. The van der Waals surface area contributed by atoms with Crippen LogP contribution in [0.15, 0.2) is 36.5 Å². The molecule has 114 valence electrons. The Bertz CT molecular complexity index is 681. The molecule has 0 aliphatic heterocycles. The minimum Gasteiger partial charge on any atom is -0.320 e. The molecule has 1 aromatic heterocycles. The highest BCUT2D eigenvalue weighted by molar-refractivity contribution is 7.89. The molecule has 0 amide bonds. The third-order valence-electron chi connectivity index (χ3n) is 3.27. The number of hydrogen-bond donors (Lipinski definition) is 2. The van der Waals surface area contributed by atoms with Gasteiger partial charge in [0, 0.05) is 18.1 Å². The zero-order valence-electron chi connectivity index (χ0n) is 12.2. The van der Waals surface area contributed by atoms with E-state index in [0.717, 1.165) is 16.5 Å². The molecular formula is C15H21N3O2S. The van der Waals surface area contributed by atoms with Crippen molar-refractivity contribution in [3.8, 4) is 0 Å². The first-order chi connectivity index (χ1) is 10.1. The van der Waals surface area contributed by atoms with Crippen molar-refractivity contribution in [2.24, 2.45) is 0 Å². The molecule has 0 radical (unpaired) electrons. The molecule has 0 spiro atoms. The number of rotatable bonds is 8. The zero-order chi connectivity index (χ0) is 15.1. The summed E-state index contributed by atoms with van der Waals surface area (Å²) < 4.78 is 26.3. The maximum absolute atomic E-state index is 11.8. The van der Waals surface area contributed by atoms with Gasteiger partial charge in [-0.2, -0.15) is 0 Å². The summed E-state index contributed by atoms with van der Waals surface area (Å²) in [6.45, 7) is 1.10. The molecule has 0 aliphatic carbocycles. The number of nitrogens with zero attached hydrogens (tertiary/aromatic N) is 1. The minimum absolute atomic E-state index is 0.154. The van der Waals surface area contributed by atoms with Gasteiger partial charge in [-0.1, -0.05) is 24.3 Å². The first-order valence-corrected chi connectivity index (χ1v) is 8.72. The van der Waals surface area contributed by atoms with Gasteiger partial charge in [-0.3, -0.25) is 4.98 Å². The Kier molecular flexibility index (Phi) is 5.67. The van der Waals surface area contributed by atoms with Crippen LogP contribution in [0.4, 0.5) is 0 Å². The topological polar surface area (TPSA) is 71.1 Å². The van der Waals surface area contributed by atoms with Crippen molar-refractivity contribution >= 4 is 20.9 Å². The van der Waals surface area contributed by atoms with Crippen LogP contribution < -0.4 is 10.0 Å². The third kappa shape index (κ3) is 4.77. The van der Waals surface area contributed by atoms with Gasteiger partial charge in [-0.15, -0.1) is 0 Å². The van der Waals surface area contributed by atoms with E-state index in [2.05, 4.69) is 15.0 Å². The fourth-order valence-electron chi connectivity index (χ4n) is 2.22. The molecule has 1 heterocycles. The van der Waals surface area contributed by atoms with Crippen LogP contribution in [0.3, 0.4) is 0 Å². The van der Waals surface area contributed by atoms with Crippen LogP contribution in [0.2, 0.25) is 0 Å². The molecule has 2 rings (SSSR count). The first-order valence-electron chi connectivity index (χ1n) is 7.07. The zero-order valence-corrected chi connectivity index (χ0v) is 13.0. The lowest BCUT2D eigenvalue weighted by Crippen LogP contribution is -2.29. The van der Waals surface area contributed by atoms with Gasteiger partial charge in [0.05, 0.1) is 11.3 Å². The van der Waals surface area contributed by atoms with E-state index in [1.807, 2.05) is 37.4 Å². The number of fused-ring (bicyclic) bond motifs is 1. The number of sulfonamides is 1. The largest absolute Gasteiger partial charge is 0.320 e. The summed E-state index contributed by atoms with van der Waals surface area (Å²) >= 11 is 0. The van der Waals surface area contributed by atoms with Crippen LogP contribution in [0.1, 0.15) is 12.0 Å². The molecule has 5 nitrogen and oxygen atoms in total. The van der Waals surface area contributed by atoms with Crippen LogP contribution >= 0.6 is 0 Å². The molecule has 0 bridgehead atoms. The van der Waals surface area contributed by atoms with E-state index in [4.69, 9.17) is 0 Å². The van der Waals surface area contributed by atoms with Gasteiger partial charge < -0.3 is 5.32 Å². The average molecular weight is 307 g/mol. The van der Waals surface area contributed by atoms with E-state index in [9.17, 15) is 8.42 Å². The van der Waals surface area contributed by atoms with E-state index >= 15 is 0 Å². The Hall–Kier alpha value is -1.50. The van der Waals surface area contributed by atoms with Crippen LogP contribution in [0.5, 0.6) is 0 Å². The molecule has 6 heteroatoms. The Labute approximate surface area is 125 Å². The Morgan fingerprint density at radius 2 is 1.95 bits per heavy atom. The summed E-state index contributed by atoms with van der Waals surface area (Å²) in [7, 11) is -1.37. The van der Waals surface area contributed by atoms with Gasteiger partial charge in [0.1, 0.15) is 0 Å². The van der Waals surface area contributed by atoms with E-state index in [0.29, 0.717) is 25.9 Å². The lowest BCUT2D eigenvalue weighted by Gasteiger charge is -2.08. The molecule has 1 aromatic carbocycles. The van der Waals surface area contributed by atoms with Gasteiger partial charge in [-0.05, 0) is 38.1 Å². The van der Waals surface area contributed by atoms with E-state index < -0.39 is 10.0 Å². The van der Waals surface area contributed by atoms with Crippen molar-refractivity contribution in [3.63, 3.8) is 0 Å². The molecule has 0 unspecified atom stereocenters. The number of nitrogens with one attached hydrogen (secondary N) is 2. The average Bonchev–Trinajstić information content (AvgIpc) is 2.47. The predicted molar refractivity (Wildman–Crippen MR) is 85.8 cm³/mol. The molecule has 0 saturated carbocycles. The fourth-order valence-corrected chi connectivity index (χ4v) is 3.30. The summed E-state index contributed by atoms with van der Waals surface area (Å²) in [6, 6.07) is 9.88. The highest BCUT2D eigenvalue weighted by atomic mass is 32.2. The molecule has 2 aromatic rings. The maximum Gasteiger partial charge on any atom is 0.211 e. The second kappa shape index (κ2) is 7.49. The second-order valence-corrected chi connectivity index (χ2v) is 6.84. The lowest BCUT2D eigenvalue weighted by molar-refractivity contribution is 0.577. The van der Waals surface area contributed by atoms with Gasteiger partial charge in [-0.25, -0.2) is 13.1 Å². The molecule has 0 fully saturated rings. The Morgan fingerprint density at radius 3 is 2.76 bits per heavy atom. The monoisotopic (exact) mass is 307 g/mol. The molecular weight excluding hydrogens is 286 g/mol. The van der Waals surface area contributed by atoms with Crippen LogP contribution in [-0.4, -0.2) is 39.3 Å². The van der Waals surface area contributed by atoms with E-state index in [1.54, 1.807) is 6.20 Å². The normalized spacial score (nSPS) is 11.9. The van der Waals surface area contributed by atoms with Crippen molar-refractivity contribution in [2.45, 2.75) is 12.8 Å². The van der Waals surface area contributed by atoms with Crippen LogP contribution in [0.25, 0.3) is 10.9 Å². The van der Waals surface area contributed by atoms with Crippen molar-refractivity contribution < 1.29 is 8.42 Å². The first kappa shape index (κ1) is 15.9. The summed E-state index contributed by atoms with van der Waals surface area (Å²) in [4.78, 5) is 4.37. The van der Waals surface area contributed by atoms with Crippen molar-refractivity contribution in [1.29, 1.82) is 0 Å². The number of benzene rings is 1. The standard InChI is InChI=1S/C15H21N3O2S/c1-16-9-4-12-21(19,20)18-11-8-14-6-2-5-13-7-3-10-17-15(13)14/h2-3,5-7,10,16,18H,4,8-9,11-12H2,1H3. The third-order valence-corrected chi connectivity index (χ3v) is 4.74. The fraction of sp³-hybridized carbons (Fsp3) is 0.400. The number of aromatic nitrogens is 1. The van der Waals surface area contributed by atoms with Crippen LogP contribution in [-0.2, 0) is 16.4 Å². The van der Waals surface area contributed by atoms with Crippen LogP contribution in [0, 0.1) is 0 Å². The maximum atomic E-state index is 11.8. The van der Waals surface area contributed by atoms with Crippen molar-refractivity contribution in [3.05, 3.63) is 42.1 Å². The molecule has 0 saturated heterocycles. The number of hydrogen-bond acceptors (Lipinski definition) is 4. The molecule has 0 atom stereocenters. The SMILES string of the molecule is CNCCCS(=O)(=O)NCCc1cccc2cccnc12. The lowest BCUT2D eigenvalue weighted by atomic mass is 10.1. The van der Waals surface area contributed by atoms with Gasteiger partial charge >= 0.3 is 0 Å². The van der Waals surface area contributed by atoms with Crippen molar-refractivity contribution in [1.82, 2.24) is 15.0 Å². The highest BCUT2D eigenvalue weighted by Crippen LogP contribution is 2.16. The Morgan fingerprint density at radius 1 is 1.14 bits per heavy atom. The molecule has 0 aliphatic rings. The highest BCUT2D eigenvalue weighted by Gasteiger charge is 2.09. The summed E-state index contributed by atoms with van der Waals surface area (Å²) in [5.74, 6) is 0.154. The number of pyridine rings is 1. The number of para-hydroxylation sites is 1. The van der Waals surface area contributed by atoms with Gasteiger partial charge in [0.25, 0.3) is 0 Å². The molecule has 21 heavy (non-hydrogen) atoms. The quantitative estimate of drug-likeness (QED) is 0.721. The Balaban J connectivity index is 1.93. The predicted octanol–water partition coefficient (Wildman–Crippen LogP) is 1.31.